The first-order valence-electron chi connectivity index (χ1n) is 5.33. The van der Waals surface area contributed by atoms with Gasteiger partial charge in [0, 0.05) is 18.1 Å². The molecule has 0 atom stereocenters. The number of nitro benzene ring substituents is 1. The van der Waals surface area contributed by atoms with Crippen LogP contribution in [0.3, 0.4) is 0 Å². The SMILES string of the molecule is Cc1nnc(-c2ccc(S(N)(=O)=O)c([N+](=O)[O-])c2C)o1. The number of hydrogen-bond acceptors (Lipinski definition) is 7. The first-order chi connectivity index (χ1) is 9.21. The molecule has 20 heavy (non-hydrogen) atoms. The minimum absolute atomic E-state index is 0.0732. The van der Waals surface area contributed by atoms with E-state index in [2.05, 4.69) is 10.2 Å². The van der Waals surface area contributed by atoms with Crippen LogP contribution in [-0.2, 0) is 10.0 Å². The fraction of sp³-hybridized carbons (Fsp3) is 0.200. The first kappa shape index (κ1) is 14.1. The van der Waals surface area contributed by atoms with Crippen molar-refractivity contribution in [1.29, 1.82) is 0 Å². The van der Waals surface area contributed by atoms with Crippen molar-refractivity contribution >= 4 is 15.7 Å². The molecule has 0 unspecified atom stereocenters. The maximum Gasteiger partial charge on any atom is 0.293 e. The zero-order valence-corrected chi connectivity index (χ0v) is 11.3. The lowest BCUT2D eigenvalue weighted by Gasteiger charge is -2.06. The van der Waals surface area contributed by atoms with E-state index in [1.807, 2.05) is 0 Å². The smallest absolute Gasteiger partial charge is 0.293 e. The average Bonchev–Trinajstić information content (AvgIpc) is 2.73. The van der Waals surface area contributed by atoms with Crippen molar-refractivity contribution in [3.63, 3.8) is 0 Å². The lowest BCUT2D eigenvalue weighted by Crippen LogP contribution is -2.15. The zero-order valence-electron chi connectivity index (χ0n) is 10.5. The first-order valence-corrected chi connectivity index (χ1v) is 6.87. The minimum Gasteiger partial charge on any atom is -0.421 e. The second-order valence-corrected chi connectivity index (χ2v) is 5.54. The van der Waals surface area contributed by atoms with E-state index < -0.39 is 25.5 Å². The Kier molecular flexibility index (Phi) is 3.28. The summed E-state index contributed by atoms with van der Waals surface area (Å²) < 4.78 is 28.0. The molecule has 2 aromatic rings. The van der Waals surface area contributed by atoms with Gasteiger partial charge in [0.2, 0.25) is 21.8 Å². The number of rotatable bonds is 3. The van der Waals surface area contributed by atoms with Gasteiger partial charge in [0.15, 0.2) is 4.90 Å². The quantitative estimate of drug-likeness (QED) is 0.655. The van der Waals surface area contributed by atoms with Crippen LogP contribution >= 0.6 is 0 Å². The van der Waals surface area contributed by atoms with Crippen molar-refractivity contribution in [3.05, 3.63) is 33.7 Å². The highest BCUT2D eigenvalue weighted by Crippen LogP contribution is 2.34. The van der Waals surface area contributed by atoms with Crippen molar-refractivity contribution in [2.75, 3.05) is 0 Å². The van der Waals surface area contributed by atoms with E-state index in [9.17, 15) is 18.5 Å². The molecular weight excluding hydrogens is 288 g/mol. The van der Waals surface area contributed by atoms with Crippen LogP contribution in [0.2, 0.25) is 0 Å². The number of aromatic nitrogens is 2. The Balaban J connectivity index is 2.77. The number of nitrogens with zero attached hydrogens (tertiary/aromatic N) is 3. The summed E-state index contributed by atoms with van der Waals surface area (Å²) in [6.07, 6.45) is 0. The number of primary sulfonamides is 1. The molecule has 0 amide bonds. The summed E-state index contributed by atoms with van der Waals surface area (Å²) in [7, 11) is -4.20. The van der Waals surface area contributed by atoms with Crippen LogP contribution in [0.4, 0.5) is 5.69 Å². The van der Waals surface area contributed by atoms with Crippen LogP contribution in [0.5, 0.6) is 0 Å². The molecular formula is C10H10N4O5S. The van der Waals surface area contributed by atoms with Crippen LogP contribution < -0.4 is 5.14 Å². The van der Waals surface area contributed by atoms with Gasteiger partial charge in [0.25, 0.3) is 5.69 Å². The fourth-order valence-corrected chi connectivity index (χ4v) is 2.52. The summed E-state index contributed by atoms with van der Waals surface area (Å²) in [6.45, 7) is 2.96. The van der Waals surface area contributed by atoms with Crippen LogP contribution in [0.15, 0.2) is 21.4 Å². The Morgan fingerprint density at radius 2 is 1.95 bits per heavy atom. The van der Waals surface area contributed by atoms with Crippen molar-refractivity contribution in [2.45, 2.75) is 18.7 Å². The Morgan fingerprint density at radius 1 is 1.30 bits per heavy atom. The van der Waals surface area contributed by atoms with Crippen LogP contribution in [0.25, 0.3) is 11.5 Å². The third-order valence-electron chi connectivity index (χ3n) is 2.64. The highest BCUT2D eigenvalue weighted by molar-refractivity contribution is 7.89. The highest BCUT2D eigenvalue weighted by Gasteiger charge is 2.28. The summed E-state index contributed by atoms with van der Waals surface area (Å²) in [4.78, 5) is 9.74. The van der Waals surface area contributed by atoms with Gasteiger partial charge in [0.1, 0.15) is 0 Å². The van der Waals surface area contributed by atoms with E-state index in [4.69, 9.17) is 9.56 Å². The summed E-state index contributed by atoms with van der Waals surface area (Å²) in [5.41, 5.74) is -0.226. The van der Waals surface area contributed by atoms with E-state index >= 15 is 0 Å². The lowest BCUT2D eigenvalue weighted by molar-refractivity contribution is -0.388. The molecule has 0 bridgehead atoms. The maximum atomic E-state index is 11.4. The molecule has 1 aromatic heterocycles. The average molecular weight is 298 g/mol. The Morgan fingerprint density at radius 3 is 2.40 bits per heavy atom. The molecule has 9 nitrogen and oxygen atoms in total. The molecule has 0 aliphatic heterocycles. The van der Waals surface area contributed by atoms with Crippen LogP contribution in [0.1, 0.15) is 11.5 Å². The molecule has 0 saturated heterocycles. The van der Waals surface area contributed by atoms with E-state index in [1.165, 1.54) is 13.0 Å². The van der Waals surface area contributed by atoms with Crippen LogP contribution in [-0.4, -0.2) is 23.5 Å². The van der Waals surface area contributed by atoms with Gasteiger partial charge in [-0.3, -0.25) is 10.1 Å². The molecule has 0 aliphatic carbocycles. The molecule has 0 radical (unpaired) electrons. The molecule has 2 N–H and O–H groups in total. The monoisotopic (exact) mass is 298 g/mol. The Hall–Kier alpha value is -2.33. The van der Waals surface area contributed by atoms with Crippen LogP contribution in [0, 0.1) is 24.0 Å². The van der Waals surface area contributed by atoms with E-state index in [0.29, 0.717) is 0 Å². The number of benzene rings is 1. The second kappa shape index (κ2) is 4.65. The topological polar surface area (TPSA) is 142 Å². The molecule has 0 aliphatic rings. The normalized spacial score (nSPS) is 11.6. The predicted octanol–water partition coefficient (Wildman–Crippen LogP) is 0.909. The number of hydrogen-bond donors (Lipinski definition) is 1. The molecule has 0 fully saturated rings. The Labute approximate surface area is 113 Å². The second-order valence-electron chi connectivity index (χ2n) is 4.01. The van der Waals surface area contributed by atoms with Gasteiger partial charge in [-0.2, -0.15) is 0 Å². The van der Waals surface area contributed by atoms with Gasteiger partial charge >= 0.3 is 0 Å². The summed E-state index contributed by atoms with van der Waals surface area (Å²) in [5.74, 6) is 0.363. The third kappa shape index (κ3) is 2.38. The molecule has 1 heterocycles. The number of aryl methyl sites for hydroxylation is 1. The van der Waals surface area contributed by atoms with E-state index in [1.54, 1.807) is 6.92 Å². The van der Waals surface area contributed by atoms with Crippen molar-refractivity contribution < 1.29 is 17.8 Å². The van der Waals surface area contributed by atoms with Gasteiger partial charge in [-0.15, -0.1) is 10.2 Å². The van der Waals surface area contributed by atoms with Crippen molar-refractivity contribution in [2.24, 2.45) is 5.14 Å². The fourth-order valence-electron chi connectivity index (χ4n) is 1.77. The van der Waals surface area contributed by atoms with Crippen molar-refractivity contribution in [1.82, 2.24) is 10.2 Å². The predicted molar refractivity (Wildman–Crippen MR) is 67.2 cm³/mol. The van der Waals surface area contributed by atoms with Gasteiger partial charge in [-0.1, -0.05) is 0 Å². The highest BCUT2D eigenvalue weighted by atomic mass is 32.2. The largest absolute Gasteiger partial charge is 0.421 e. The molecule has 10 heteroatoms. The standard InChI is InChI=1S/C10H10N4O5S/c1-5-7(10-13-12-6(2)19-10)3-4-8(20(11,17)18)9(5)14(15)16/h3-4H,1-2H3,(H2,11,17,18). The number of nitrogens with two attached hydrogens (primary N) is 1. The minimum atomic E-state index is -4.20. The van der Waals surface area contributed by atoms with Crippen molar-refractivity contribution in [3.8, 4) is 11.5 Å². The van der Waals surface area contributed by atoms with E-state index in [0.717, 1.165) is 6.07 Å². The van der Waals surface area contributed by atoms with Gasteiger partial charge in [-0.25, -0.2) is 13.6 Å². The molecule has 106 valence electrons. The number of sulfonamides is 1. The molecule has 1 aromatic carbocycles. The van der Waals surface area contributed by atoms with Gasteiger partial charge < -0.3 is 4.42 Å². The molecule has 0 saturated carbocycles. The van der Waals surface area contributed by atoms with Gasteiger partial charge in [0.05, 0.1) is 4.92 Å². The molecule has 0 spiro atoms. The summed E-state index contributed by atoms with van der Waals surface area (Å²) in [5, 5.41) is 23.4. The number of nitro groups is 1. The zero-order chi connectivity index (χ0) is 15.1. The summed E-state index contributed by atoms with van der Waals surface area (Å²) >= 11 is 0. The lowest BCUT2D eigenvalue weighted by atomic mass is 10.1. The molecule has 2 rings (SSSR count). The van der Waals surface area contributed by atoms with Gasteiger partial charge in [-0.05, 0) is 19.1 Å². The summed E-state index contributed by atoms with van der Waals surface area (Å²) in [6, 6.07) is 2.39. The van der Waals surface area contributed by atoms with E-state index in [-0.39, 0.29) is 22.9 Å². The maximum absolute atomic E-state index is 11.4. The Bertz CT molecular complexity index is 796. The third-order valence-corrected chi connectivity index (χ3v) is 3.58.